The van der Waals surface area contributed by atoms with Crippen LogP contribution < -0.4 is 10.2 Å². The highest BCUT2D eigenvalue weighted by Gasteiger charge is 2.34. The van der Waals surface area contributed by atoms with Gasteiger partial charge in [0.2, 0.25) is 11.8 Å². The van der Waals surface area contributed by atoms with Crippen LogP contribution in [0.15, 0.2) is 58.6 Å². The van der Waals surface area contributed by atoms with Crippen molar-refractivity contribution in [3.05, 3.63) is 48.8 Å². The molecule has 1 saturated carbocycles. The van der Waals surface area contributed by atoms with Crippen LogP contribution in [0.4, 0.5) is 5.69 Å². The predicted molar refractivity (Wildman–Crippen MR) is 146 cm³/mol. The number of sulfone groups is 1. The summed E-state index contributed by atoms with van der Waals surface area (Å²) in [5.74, 6) is -0.616. The Morgan fingerprint density at radius 1 is 1.03 bits per heavy atom. The highest BCUT2D eigenvalue weighted by molar-refractivity contribution is 8.00. The highest BCUT2D eigenvalue weighted by atomic mass is 32.2. The molecule has 1 saturated heterocycles. The summed E-state index contributed by atoms with van der Waals surface area (Å²) in [7, 11) is -3.58. The fourth-order valence-electron chi connectivity index (χ4n) is 5.14. The van der Waals surface area contributed by atoms with Crippen LogP contribution in [0.5, 0.6) is 0 Å². The van der Waals surface area contributed by atoms with Crippen LogP contribution >= 0.6 is 11.8 Å². The molecule has 2 heterocycles. The Balaban J connectivity index is 1.28. The van der Waals surface area contributed by atoms with Crippen molar-refractivity contribution in [2.24, 2.45) is 11.8 Å². The lowest BCUT2D eigenvalue weighted by Gasteiger charge is -2.36. The average Bonchev–Trinajstić information content (AvgIpc) is 2.95. The number of pyridine rings is 1. The SMILES string of the molecule is N#CCNC(=O)[C@@H]1CCCC[C@H]1CS(=O)(=O)c1ccc(SCC(=O)N2CCN(c3ccncc3)CC2)cc1. The van der Waals surface area contributed by atoms with Gasteiger partial charge in [0.05, 0.1) is 22.5 Å². The van der Waals surface area contributed by atoms with Gasteiger partial charge in [-0.05, 0) is 55.2 Å². The van der Waals surface area contributed by atoms with Gasteiger partial charge in [-0.3, -0.25) is 14.6 Å². The summed E-state index contributed by atoms with van der Waals surface area (Å²) >= 11 is 1.40. The minimum Gasteiger partial charge on any atom is -0.368 e. The molecule has 1 aromatic carbocycles. The lowest BCUT2D eigenvalue weighted by atomic mass is 9.80. The van der Waals surface area contributed by atoms with Gasteiger partial charge in [0.25, 0.3) is 0 Å². The Morgan fingerprint density at radius 2 is 1.71 bits per heavy atom. The van der Waals surface area contributed by atoms with E-state index >= 15 is 0 Å². The Morgan fingerprint density at radius 3 is 2.39 bits per heavy atom. The van der Waals surface area contributed by atoms with Crippen molar-refractivity contribution in [1.82, 2.24) is 15.2 Å². The van der Waals surface area contributed by atoms with Gasteiger partial charge in [0.15, 0.2) is 9.84 Å². The van der Waals surface area contributed by atoms with Gasteiger partial charge in [-0.2, -0.15) is 5.26 Å². The maximum absolute atomic E-state index is 13.1. The number of anilines is 1. The Labute approximate surface area is 228 Å². The number of nitriles is 1. The normalized spacial score (nSPS) is 20.0. The van der Waals surface area contributed by atoms with E-state index in [2.05, 4.69) is 15.2 Å². The molecular weight excluding hydrogens is 522 g/mol. The summed E-state index contributed by atoms with van der Waals surface area (Å²) in [6.07, 6.45) is 6.63. The number of carbonyl (C=O) groups excluding carboxylic acids is 2. The van der Waals surface area contributed by atoms with Crippen LogP contribution in [0.3, 0.4) is 0 Å². The lowest BCUT2D eigenvalue weighted by Crippen LogP contribution is -2.49. The number of nitrogens with zero attached hydrogens (tertiary/aromatic N) is 4. The molecule has 1 aliphatic heterocycles. The number of rotatable bonds is 9. The fourth-order valence-corrected chi connectivity index (χ4v) is 7.64. The molecule has 2 aromatic rings. The van der Waals surface area contributed by atoms with Crippen LogP contribution in [0.1, 0.15) is 25.7 Å². The van der Waals surface area contributed by atoms with E-state index in [9.17, 15) is 18.0 Å². The van der Waals surface area contributed by atoms with E-state index in [-0.39, 0.29) is 40.8 Å². The highest BCUT2D eigenvalue weighted by Crippen LogP contribution is 2.33. The minimum atomic E-state index is -3.58. The molecule has 0 unspecified atom stereocenters. The summed E-state index contributed by atoms with van der Waals surface area (Å²) in [4.78, 5) is 34.4. The zero-order valence-corrected chi connectivity index (χ0v) is 22.9. The Kier molecular flexibility index (Phi) is 9.63. The van der Waals surface area contributed by atoms with Crippen LogP contribution in [0, 0.1) is 23.2 Å². The summed E-state index contributed by atoms with van der Waals surface area (Å²) in [6, 6.07) is 12.5. The van der Waals surface area contributed by atoms with Crippen molar-refractivity contribution >= 4 is 39.1 Å². The first kappa shape index (κ1) is 27.9. The largest absolute Gasteiger partial charge is 0.368 e. The maximum Gasteiger partial charge on any atom is 0.233 e. The summed E-state index contributed by atoms with van der Waals surface area (Å²) in [5, 5.41) is 11.3. The topological polar surface area (TPSA) is 123 Å². The number of benzene rings is 1. The molecular formula is C27H33N5O4S2. The van der Waals surface area contributed by atoms with E-state index in [4.69, 9.17) is 5.26 Å². The minimum absolute atomic E-state index is 0.0686. The third-order valence-electron chi connectivity index (χ3n) is 7.23. The third kappa shape index (κ3) is 7.26. The molecule has 2 fully saturated rings. The number of hydrogen-bond acceptors (Lipinski definition) is 8. The standard InChI is InChI=1S/C27H33N5O4S2/c28-11-14-30-27(34)25-4-2-1-3-21(25)20-38(35,36)24-7-5-23(6-8-24)37-19-26(33)32-17-15-31(16-18-32)22-9-12-29-13-10-22/h5-10,12-13,21,25H,1-4,14-20H2,(H,30,34)/t21-,25+/m0/s1. The van der Waals surface area contributed by atoms with Crippen molar-refractivity contribution in [3.8, 4) is 6.07 Å². The molecule has 1 aliphatic carbocycles. The zero-order chi connectivity index (χ0) is 27.0. The zero-order valence-electron chi connectivity index (χ0n) is 21.3. The first-order chi connectivity index (χ1) is 18.4. The Hall–Kier alpha value is -3.10. The number of hydrogen-bond donors (Lipinski definition) is 1. The van der Waals surface area contributed by atoms with Gasteiger partial charge in [-0.25, -0.2) is 8.42 Å². The van der Waals surface area contributed by atoms with Crippen LogP contribution in [-0.2, 0) is 19.4 Å². The van der Waals surface area contributed by atoms with Crippen molar-refractivity contribution in [1.29, 1.82) is 5.26 Å². The van der Waals surface area contributed by atoms with Crippen molar-refractivity contribution in [2.45, 2.75) is 35.5 Å². The van der Waals surface area contributed by atoms with Gasteiger partial charge in [0.1, 0.15) is 6.54 Å². The van der Waals surface area contributed by atoms with E-state index in [1.165, 1.54) is 11.8 Å². The van der Waals surface area contributed by atoms with Gasteiger partial charge < -0.3 is 15.1 Å². The molecule has 0 radical (unpaired) electrons. The van der Waals surface area contributed by atoms with Gasteiger partial charge in [-0.15, -0.1) is 11.8 Å². The van der Waals surface area contributed by atoms with Crippen molar-refractivity contribution < 1.29 is 18.0 Å². The second-order valence-corrected chi connectivity index (χ2v) is 12.7. The Bertz CT molecular complexity index is 1240. The molecule has 11 heteroatoms. The van der Waals surface area contributed by atoms with Gasteiger partial charge in [0, 0.05) is 55.1 Å². The molecule has 0 bridgehead atoms. The molecule has 0 spiro atoms. The predicted octanol–water partition coefficient (Wildman–Crippen LogP) is 2.74. The monoisotopic (exact) mass is 555 g/mol. The smallest absolute Gasteiger partial charge is 0.233 e. The second kappa shape index (κ2) is 13.1. The summed E-state index contributed by atoms with van der Waals surface area (Å²) < 4.78 is 26.3. The van der Waals surface area contributed by atoms with Gasteiger partial charge >= 0.3 is 0 Å². The van der Waals surface area contributed by atoms with E-state index in [0.29, 0.717) is 31.7 Å². The average molecular weight is 556 g/mol. The number of thioether (sulfide) groups is 1. The molecule has 1 N–H and O–H groups in total. The third-order valence-corrected chi connectivity index (χ3v) is 10.1. The first-order valence-electron chi connectivity index (χ1n) is 12.9. The van der Waals surface area contributed by atoms with Crippen LogP contribution in [0.25, 0.3) is 0 Å². The van der Waals surface area contributed by atoms with E-state index in [1.54, 1.807) is 36.7 Å². The number of amides is 2. The van der Waals surface area contributed by atoms with Crippen molar-refractivity contribution in [2.75, 3.05) is 49.1 Å². The summed E-state index contributed by atoms with van der Waals surface area (Å²) in [6.45, 7) is 2.80. The molecule has 2 amide bonds. The van der Waals surface area contributed by atoms with Crippen LogP contribution in [-0.4, -0.2) is 74.3 Å². The molecule has 2 aliphatic rings. The van der Waals surface area contributed by atoms with Crippen molar-refractivity contribution in [3.63, 3.8) is 0 Å². The summed E-state index contributed by atoms with van der Waals surface area (Å²) in [5.41, 5.74) is 1.11. The number of aromatic nitrogens is 1. The number of piperazine rings is 1. The van der Waals surface area contributed by atoms with E-state index in [0.717, 1.165) is 36.5 Å². The molecule has 202 valence electrons. The molecule has 38 heavy (non-hydrogen) atoms. The number of nitrogens with one attached hydrogen (secondary N) is 1. The molecule has 1 aromatic heterocycles. The second-order valence-electron chi connectivity index (χ2n) is 9.64. The first-order valence-corrected chi connectivity index (χ1v) is 15.5. The fraction of sp³-hybridized carbons (Fsp3) is 0.481. The molecule has 2 atom stereocenters. The van der Waals surface area contributed by atoms with E-state index < -0.39 is 9.84 Å². The van der Waals surface area contributed by atoms with Gasteiger partial charge in [-0.1, -0.05) is 12.8 Å². The van der Waals surface area contributed by atoms with E-state index in [1.807, 2.05) is 23.1 Å². The van der Waals surface area contributed by atoms with Crippen LogP contribution in [0.2, 0.25) is 0 Å². The molecule has 4 rings (SSSR count). The molecule has 9 nitrogen and oxygen atoms in total. The number of carbonyl (C=O) groups is 2. The quantitative estimate of drug-likeness (QED) is 0.370. The maximum atomic E-state index is 13.1. The lowest BCUT2D eigenvalue weighted by molar-refractivity contribution is -0.129.